The summed E-state index contributed by atoms with van der Waals surface area (Å²) in [5.74, 6) is 2.57. The van der Waals surface area contributed by atoms with Crippen molar-refractivity contribution in [3.05, 3.63) is 0 Å². The molecular formula is C9H18N2. The van der Waals surface area contributed by atoms with Crippen LogP contribution in [-0.4, -0.2) is 12.4 Å². The monoisotopic (exact) mass is 154 g/mol. The van der Waals surface area contributed by atoms with Crippen molar-refractivity contribution in [2.24, 2.45) is 22.6 Å². The van der Waals surface area contributed by atoms with E-state index in [4.69, 9.17) is 5.73 Å². The van der Waals surface area contributed by atoms with Crippen molar-refractivity contribution in [3.63, 3.8) is 0 Å². The molecule has 0 aromatic heterocycles. The summed E-state index contributed by atoms with van der Waals surface area (Å²) in [6.07, 6.45) is 3.42. The van der Waals surface area contributed by atoms with Gasteiger partial charge >= 0.3 is 0 Å². The Morgan fingerprint density at radius 2 is 2.27 bits per heavy atom. The standard InChI is InChI=1S/C9H18N2/c1-3-4-9(10)11-6-8-5-7(8)2/h7-8H,3-6H2,1-2H3,(H2,10,11). The second kappa shape index (κ2) is 3.74. The lowest BCUT2D eigenvalue weighted by Gasteiger charge is -1.96. The first-order valence-electron chi connectivity index (χ1n) is 4.52. The van der Waals surface area contributed by atoms with Gasteiger partial charge in [-0.15, -0.1) is 0 Å². The van der Waals surface area contributed by atoms with Crippen LogP contribution in [0.5, 0.6) is 0 Å². The van der Waals surface area contributed by atoms with Crippen molar-refractivity contribution < 1.29 is 0 Å². The van der Waals surface area contributed by atoms with Gasteiger partial charge in [-0.05, 0) is 24.7 Å². The molecular weight excluding hydrogens is 136 g/mol. The SMILES string of the molecule is CCCC(N)=NCC1CC1C. The number of hydrogen-bond acceptors (Lipinski definition) is 1. The van der Waals surface area contributed by atoms with Crippen molar-refractivity contribution >= 4 is 5.84 Å². The zero-order valence-electron chi connectivity index (χ0n) is 7.51. The van der Waals surface area contributed by atoms with Crippen LogP contribution in [0.4, 0.5) is 0 Å². The zero-order valence-corrected chi connectivity index (χ0v) is 7.51. The lowest BCUT2D eigenvalue weighted by atomic mass is 10.3. The third-order valence-corrected chi connectivity index (χ3v) is 2.31. The van der Waals surface area contributed by atoms with Crippen LogP contribution >= 0.6 is 0 Å². The third kappa shape index (κ3) is 2.91. The Morgan fingerprint density at radius 3 is 2.73 bits per heavy atom. The van der Waals surface area contributed by atoms with Crippen LogP contribution in [0.2, 0.25) is 0 Å². The quantitative estimate of drug-likeness (QED) is 0.486. The molecule has 2 N–H and O–H groups in total. The lowest BCUT2D eigenvalue weighted by Crippen LogP contribution is -2.11. The first kappa shape index (κ1) is 8.57. The maximum Gasteiger partial charge on any atom is 0.0937 e. The summed E-state index contributed by atoms with van der Waals surface area (Å²) in [4.78, 5) is 4.32. The molecule has 1 saturated carbocycles. The highest BCUT2D eigenvalue weighted by Gasteiger charge is 2.31. The van der Waals surface area contributed by atoms with E-state index < -0.39 is 0 Å². The molecule has 0 aromatic rings. The number of hydrogen-bond donors (Lipinski definition) is 1. The average Bonchev–Trinajstić information content (AvgIpc) is 2.63. The van der Waals surface area contributed by atoms with Crippen LogP contribution in [0.25, 0.3) is 0 Å². The van der Waals surface area contributed by atoms with Crippen molar-refractivity contribution in [2.75, 3.05) is 6.54 Å². The van der Waals surface area contributed by atoms with Gasteiger partial charge in [-0.1, -0.05) is 13.8 Å². The highest BCUT2D eigenvalue weighted by molar-refractivity contribution is 5.80. The molecule has 0 heterocycles. The Hall–Kier alpha value is -0.530. The molecule has 2 atom stereocenters. The minimum atomic E-state index is 0.838. The molecule has 1 rings (SSSR count). The van der Waals surface area contributed by atoms with Crippen molar-refractivity contribution in [1.29, 1.82) is 0 Å². The summed E-state index contributed by atoms with van der Waals surface area (Å²) in [5.41, 5.74) is 5.66. The molecule has 11 heavy (non-hydrogen) atoms. The van der Waals surface area contributed by atoms with Gasteiger partial charge in [0.25, 0.3) is 0 Å². The summed E-state index contributed by atoms with van der Waals surface area (Å²) < 4.78 is 0. The van der Waals surface area contributed by atoms with Crippen LogP contribution in [0, 0.1) is 11.8 Å². The molecule has 0 radical (unpaired) electrons. The second-order valence-electron chi connectivity index (χ2n) is 3.56. The molecule has 0 bridgehead atoms. The Morgan fingerprint density at radius 1 is 1.64 bits per heavy atom. The molecule has 1 aliphatic rings. The molecule has 2 unspecified atom stereocenters. The number of amidine groups is 1. The highest BCUT2D eigenvalue weighted by atomic mass is 14.9. The number of nitrogens with zero attached hydrogens (tertiary/aromatic N) is 1. The fourth-order valence-electron chi connectivity index (χ4n) is 1.22. The highest BCUT2D eigenvalue weighted by Crippen LogP contribution is 2.37. The lowest BCUT2D eigenvalue weighted by molar-refractivity contribution is 0.757. The number of aliphatic imine (C=N–C) groups is 1. The number of nitrogens with two attached hydrogens (primary N) is 1. The van der Waals surface area contributed by atoms with Gasteiger partial charge in [-0.25, -0.2) is 0 Å². The maximum absolute atomic E-state index is 5.66. The Bertz CT molecular complexity index is 152. The van der Waals surface area contributed by atoms with E-state index in [-0.39, 0.29) is 0 Å². The summed E-state index contributed by atoms with van der Waals surface area (Å²) in [6.45, 7) is 5.37. The molecule has 1 aliphatic carbocycles. The minimum absolute atomic E-state index is 0.838. The molecule has 0 amide bonds. The smallest absolute Gasteiger partial charge is 0.0937 e. The fourth-order valence-corrected chi connectivity index (χ4v) is 1.22. The molecule has 2 heteroatoms. The zero-order chi connectivity index (χ0) is 8.27. The van der Waals surface area contributed by atoms with Crippen LogP contribution in [0.3, 0.4) is 0 Å². The van der Waals surface area contributed by atoms with Gasteiger partial charge in [0, 0.05) is 13.0 Å². The Labute approximate surface area is 68.9 Å². The van der Waals surface area contributed by atoms with Gasteiger partial charge in [0.1, 0.15) is 0 Å². The first-order valence-corrected chi connectivity index (χ1v) is 4.52. The van der Waals surface area contributed by atoms with E-state index in [9.17, 15) is 0 Å². The van der Waals surface area contributed by atoms with E-state index in [0.29, 0.717) is 0 Å². The molecule has 64 valence electrons. The van der Waals surface area contributed by atoms with Gasteiger partial charge in [0.2, 0.25) is 0 Å². The van der Waals surface area contributed by atoms with E-state index in [1.807, 2.05) is 0 Å². The van der Waals surface area contributed by atoms with Gasteiger partial charge in [0.05, 0.1) is 5.84 Å². The normalized spacial score (nSPS) is 30.5. The molecule has 0 spiro atoms. The largest absolute Gasteiger partial charge is 0.387 e. The van der Waals surface area contributed by atoms with Crippen molar-refractivity contribution in [2.45, 2.75) is 33.1 Å². The topological polar surface area (TPSA) is 38.4 Å². The molecule has 0 aromatic carbocycles. The van der Waals surface area contributed by atoms with Crippen LogP contribution < -0.4 is 5.73 Å². The third-order valence-electron chi connectivity index (χ3n) is 2.31. The molecule has 0 aliphatic heterocycles. The summed E-state index contributed by atoms with van der Waals surface area (Å²) in [5, 5.41) is 0. The first-order chi connectivity index (χ1) is 5.24. The summed E-state index contributed by atoms with van der Waals surface area (Å²) >= 11 is 0. The van der Waals surface area contributed by atoms with E-state index in [0.717, 1.165) is 37.1 Å². The maximum atomic E-state index is 5.66. The molecule has 0 saturated heterocycles. The van der Waals surface area contributed by atoms with E-state index >= 15 is 0 Å². The van der Waals surface area contributed by atoms with Gasteiger partial charge < -0.3 is 5.73 Å². The average molecular weight is 154 g/mol. The van der Waals surface area contributed by atoms with Gasteiger partial charge in [-0.3, -0.25) is 4.99 Å². The predicted molar refractivity (Wildman–Crippen MR) is 48.7 cm³/mol. The summed E-state index contributed by atoms with van der Waals surface area (Å²) in [6, 6.07) is 0. The fraction of sp³-hybridized carbons (Fsp3) is 0.889. The predicted octanol–water partition coefficient (Wildman–Crippen LogP) is 1.80. The van der Waals surface area contributed by atoms with Crippen molar-refractivity contribution in [1.82, 2.24) is 0 Å². The van der Waals surface area contributed by atoms with Gasteiger partial charge in [-0.2, -0.15) is 0 Å². The Balaban J connectivity index is 2.13. The summed E-state index contributed by atoms with van der Waals surface area (Å²) in [7, 11) is 0. The second-order valence-corrected chi connectivity index (χ2v) is 3.56. The minimum Gasteiger partial charge on any atom is -0.387 e. The van der Waals surface area contributed by atoms with Crippen molar-refractivity contribution in [3.8, 4) is 0 Å². The van der Waals surface area contributed by atoms with Crippen LogP contribution in [0.15, 0.2) is 4.99 Å². The van der Waals surface area contributed by atoms with E-state index in [2.05, 4.69) is 18.8 Å². The van der Waals surface area contributed by atoms with Gasteiger partial charge in [0.15, 0.2) is 0 Å². The van der Waals surface area contributed by atoms with Crippen LogP contribution in [-0.2, 0) is 0 Å². The Kier molecular flexibility index (Phi) is 2.92. The van der Waals surface area contributed by atoms with E-state index in [1.54, 1.807) is 0 Å². The molecule has 2 nitrogen and oxygen atoms in total. The van der Waals surface area contributed by atoms with Crippen LogP contribution in [0.1, 0.15) is 33.1 Å². The number of rotatable bonds is 4. The van der Waals surface area contributed by atoms with E-state index in [1.165, 1.54) is 6.42 Å². The molecule has 1 fully saturated rings.